The number of nitrogens with one attached hydrogen (secondary N) is 2. The maximum atomic E-state index is 14.6. The number of fused-ring (bicyclic) bond motifs is 11. The molecule has 0 bridgehead atoms. The highest BCUT2D eigenvalue weighted by molar-refractivity contribution is 6.34. The van der Waals surface area contributed by atoms with Gasteiger partial charge in [0.2, 0.25) is 0 Å². The van der Waals surface area contributed by atoms with Gasteiger partial charge in [-0.15, -0.1) is 0 Å². The topological polar surface area (TPSA) is 133 Å². The van der Waals surface area contributed by atoms with Crippen LogP contribution in [0, 0.1) is 10.8 Å². The van der Waals surface area contributed by atoms with E-state index in [2.05, 4.69) is 76.1 Å². The smallest absolute Gasteiger partial charge is 0.339 e. The molecular weight excluding hydrogens is 900 g/mol. The van der Waals surface area contributed by atoms with E-state index in [0.29, 0.717) is 64.9 Å². The van der Waals surface area contributed by atoms with Gasteiger partial charge in [0.1, 0.15) is 12.3 Å². The first-order chi connectivity index (χ1) is 33.0. The van der Waals surface area contributed by atoms with Crippen LogP contribution in [0.15, 0.2) is 103 Å². The Morgan fingerprint density at radius 2 is 1.26 bits per heavy atom. The molecule has 14 heteroatoms. The van der Waals surface area contributed by atoms with Crippen LogP contribution < -0.4 is 10.6 Å². The van der Waals surface area contributed by atoms with Crippen molar-refractivity contribution in [1.82, 2.24) is 19.3 Å². The van der Waals surface area contributed by atoms with Crippen molar-refractivity contribution in [2.45, 2.75) is 89.1 Å². The van der Waals surface area contributed by atoms with Gasteiger partial charge >= 0.3 is 11.9 Å². The quantitative estimate of drug-likeness (QED) is 0.104. The minimum atomic E-state index is -0.573. The molecule has 2 aromatic heterocycles. The second kappa shape index (κ2) is 17.1. The number of benzene rings is 4. The molecule has 2 fully saturated rings. The van der Waals surface area contributed by atoms with Crippen molar-refractivity contribution in [3.8, 4) is 0 Å². The predicted octanol–water partition coefficient (Wildman–Crippen LogP) is 11.8. The van der Waals surface area contributed by atoms with Crippen molar-refractivity contribution in [2.75, 3.05) is 37.9 Å². The lowest BCUT2D eigenvalue weighted by molar-refractivity contribution is -0.203. The molecule has 11 rings (SSSR count). The monoisotopic (exact) mass is 954 g/mol. The Hall–Kier alpha value is -5.60. The van der Waals surface area contributed by atoms with Gasteiger partial charge in [0.25, 0.3) is 0 Å². The third-order valence-corrected chi connectivity index (χ3v) is 16.7. The molecule has 7 atom stereocenters. The number of hydrogen-bond acceptors (Lipinski definition) is 10. The van der Waals surface area contributed by atoms with E-state index >= 15 is 0 Å². The molecule has 5 aliphatic heterocycles. The van der Waals surface area contributed by atoms with Crippen molar-refractivity contribution < 1.29 is 29.5 Å². The minimum absolute atomic E-state index is 0.356. The fraction of sp³-hybridized carbons (Fsp3) is 0.370. The molecule has 0 spiro atoms. The number of carbonyl (C=O) groups excluding carboxylic acids is 2. The van der Waals surface area contributed by atoms with E-state index in [9.17, 15) is 20.0 Å². The van der Waals surface area contributed by atoms with Crippen LogP contribution in [0.5, 0.6) is 0 Å². The van der Waals surface area contributed by atoms with Crippen LogP contribution in [-0.4, -0.2) is 75.0 Å². The third kappa shape index (κ3) is 6.62. The summed E-state index contributed by atoms with van der Waals surface area (Å²) in [4.78, 5) is 28.9. The second-order valence-electron chi connectivity index (χ2n) is 19.2. The lowest BCUT2D eigenvalue weighted by atomic mass is 9.70. The summed E-state index contributed by atoms with van der Waals surface area (Å²) in [5.74, 6) is -1.41. The van der Waals surface area contributed by atoms with Crippen LogP contribution >= 0.6 is 23.2 Å². The molecule has 12 nitrogen and oxygen atoms in total. The molecule has 1 unspecified atom stereocenters. The summed E-state index contributed by atoms with van der Waals surface area (Å²) in [6, 6.07) is 29.0. The van der Waals surface area contributed by atoms with Crippen molar-refractivity contribution in [2.24, 2.45) is 10.8 Å². The first kappa shape index (κ1) is 44.9. The van der Waals surface area contributed by atoms with Crippen molar-refractivity contribution in [1.29, 1.82) is 0 Å². The number of hydrogen-bond donors (Lipinski definition) is 4. The first-order valence-electron chi connectivity index (χ1n) is 23.8. The van der Waals surface area contributed by atoms with Crippen LogP contribution in [0.2, 0.25) is 10.0 Å². The van der Waals surface area contributed by atoms with E-state index in [1.54, 1.807) is 0 Å². The second-order valence-corrected chi connectivity index (χ2v) is 20.0. The number of ether oxygens (including phenoxy) is 2. The molecule has 0 radical (unpaired) electrons. The summed E-state index contributed by atoms with van der Waals surface area (Å²) in [5, 5.41) is 37.7. The van der Waals surface area contributed by atoms with Gasteiger partial charge in [0.15, 0.2) is 0 Å². The Morgan fingerprint density at radius 1 is 0.721 bits per heavy atom. The van der Waals surface area contributed by atoms with Gasteiger partial charge < -0.3 is 39.7 Å². The molecule has 4 N–H and O–H groups in total. The largest absolute Gasteiger partial charge is 0.465 e. The summed E-state index contributed by atoms with van der Waals surface area (Å²) in [6.07, 6.45) is 7.98. The molecule has 7 heterocycles. The number of nitrogens with zero attached hydrogens (tertiary/aromatic N) is 4. The van der Waals surface area contributed by atoms with Gasteiger partial charge in [-0.3, -0.25) is 0 Å². The van der Waals surface area contributed by atoms with Crippen LogP contribution in [0.3, 0.4) is 0 Å². The summed E-state index contributed by atoms with van der Waals surface area (Å²) >= 11 is 14.3. The van der Waals surface area contributed by atoms with Crippen molar-refractivity contribution in [3.63, 3.8) is 0 Å². The minimum Gasteiger partial charge on any atom is -0.465 e. The lowest BCUT2D eigenvalue weighted by Gasteiger charge is -2.50. The fourth-order valence-corrected chi connectivity index (χ4v) is 13.5. The Labute approximate surface area is 405 Å². The number of aromatic nitrogens is 2. The number of para-hydroxylation sites is 4. The standard InChI is InChI=1S/C54H56Cl2N6O6/c1-5-53-24-14-26-59(65)51(53)61-41-22-11-7-16-31(41)34(47(61)35(29-53)49(63)67-3)28-40-44(46(57-39-21-10-9-19-37(39)55)33-18-13-20-38(56)45(33)58-40)43-32-17-8-12-23-42(32)62-48(43)36(50(64)68-4)30-54(6-2)25-15-27-60(66)52(54)62/h7-13,16-23,29-30,40,44,46,51-52,57-58,65-66H,5-6,14-15,24-28H2,1-4H3/t40-,44+,46?,51+,52+,53-,54-/m0/s1. The average molecular weight is 956 g/mol. The average Bonchev–Trinajstić information content (AvgIpc) is 3.86. The maximum Gasteiger partial charge on any atom is 0.339 e. The number of esters is 2. The summed E-state index contributed by atoms with van der Waals surface area (Å²) < 4.78 is 15.7. The third-order valence-electron chi connectivity index (χ3n) is 16.1. The van der Waals surface area contributed by atoms with Crippen LogP contribution in [-0.2, 0) is 25.5 Å². The van der Waals surface area contributed by atoms with Gasteiger partial charge in [0, 0.05) is 46.7 Å². The van der Waals surface area contributed by atoms with Crippen LogP contribution in [0.25, 0.3) is 33.0 Å². The fourth-order valence-electron chi connectivity index (χ4n) is 13.0. The zero-order valence-corrected chi connectivity index (χ0v) is 40.1. The number of anilines is 2. The molecule has 0 saturated carbocycles. The SMILES string of the molecule is CC[C@]12C=C(C(=O)OC)c3c(C[C@@H]4Nc5c(Cl)cccc5C(Nc5ccccc5Cl)[C@H]4c4c5n(c6ccccc46)[C@H]4N(O)CCC[C@@]4(CC)C=C5C(=O)OC)c4ccccc4n3[C@H]1N(O)CCC2. The molecule has 5 aliphatic rings. The van der Waals surface area contributed by atoms with E-state index in [4.69, 9.17) is 32.7 Å². The highest BCUT2D eigenvalue weighted by Gasteiger charge is 2.53. The number of rotatable bonds is 9. The number of methoxy groups -OCH3 is 2. The molecular formula is C54H56Cl2N6O6. The molecule has 68 heavy (non-hydrogen) atoms. The summed E-state index contributed by atoms with van der Waals surface area (Å²) in [6.45, 7) is 5.20. The van der Waals surface area contributed by atoms with E-state index in [-0.39, 0.29) is 0 Å². The van der Waals surface area contributed by atoms with Gasteiger partial charge in [0.05, 0.1) is 75.2 Å². The number of halogens is 2. The van der Waals surface area contributed by atoms with Gasteiger partial charge in [-0.1, -0.05) is 110 Å². The highest BCUT2D eigenvalue weighted by atomic mass is 35.5. The number of hydroxylamine groups is 4. The van der Waals surface area contributed by atoms with E-state index in [1.807, 2.05) is 60.7 Å². The number of carbonyl (C=O) groups is 2. The van der Waals surface area contributed by atoms with Crippen LogP contribution in [0.4, 0.5) is 11.4 Å². The molecule has 0 amide bonds. The Kier molecular flexibility index (Phi) is 11.3. The number of piperidine rings is 2. The molecule has 4 aromatic carbocycles. The van der Waals surface area contributed by atoms with Gasteiger partial charge in [-0.25, -0.2) is 9.59 Å². The maximum absolute atomic E-state index is 14.6. The first-order valence-corrected chi connectivity index (χ1v) is 24.6. The zero-order valence-electron chi connectivity index (χ0n) is 38.6. The summed E-state index contributed by atoms with van der Waals surface area (Å²) in [7, 11) is 2.84. The van der Waals surface area contributed by atoms with Crippen molar-refractivity contribution >= 4 is 79.5 Å². The molecule has 352 valence electrons. The Bertz CT molecular complexity index is 3090. The summed E-state index contributed by atoms with van der Waals surface area (Å²) in [5.41, 5.74) is 7.07. The Morgan fingerprint density at radius 3 is 1.88 bits per heavy atom. The predicted molar refractivity (Wildman–Crippen MR) is 266 cm³/mol. The molecule has 0 aliphatic carbocycles. The Balaban J connectivity index is 1.23. The van der Waals surface area contributed by atoms with E-state index in [0.717, 1.165) is 75.6 Å². The van der Waals surface area contributed by atoms with Gasteiger partial charge in [-0.05, 0) is 92.0 Å². The van der Waals surface area contributed by atoms with E-state index in [1.165, 1.54) is 24.3 Å². The highest BCUT2D eigenvalue weighted by Crippen LogP contribution is 2.59. The zero-order chi connectivity index (χ0) is 47.2. The normalized spacial score (nSPS) is 26.6. The van der Waals surface area contributed by atoms with Gasteiger partial charge in [-0.2, -0.15) is 10.1 Å². The lowest BCUT2D eigenvalue weighted by Crippen LogP contribution is -2.49. The molecule has 2 saturated heterocycles. The van der Waals surface area contributed by atoms with Crippen LogP contribution in [0.1, 0.15) is 105 Å². The van der Waals surface area contributed by atoms with Crippen molar-refractivity contribution in [3.05, 3.63) is 141 Å². The van der Waals surface area contributed by atoms with E-state index < -0.39 is 53.1 Å². The molecule has 6 aromatic rings.